The van der Waals surface area contributed by atoms with Crippen molar-refractivity contribution in [1.82, 2.24) is 24.4 Å². The molecule has 2 aliphatic heterocycles. The lowest BCUT2D eigenvalue weighted by Crippen LogP contribution is -2.53. The summed E-state index contributed by atoms with van der Waals surface area (Å²) in [6.07, 6.45) is 5.54. The zero-order valence-electron chi connectivity index (χ0n) is 20.2. The average Bonchev–Trinajstić information content (AvgIpc) is 3.36. The van der Waals surface area contributed by atoms with E-state index in [4.69, 9.17) is 25.1 Å². The second-order valence-electron chi connectivity index (χ2n) is 10.5. The maximum Gasteiger partial charge on any atom is 0.303 e. The van der Waals surface area contributed by atoms with Crippen LogP contribution in [0.5, 0.6) is 0 Å². The number of imidazole rings is 1. The molecular formula is C23H34N6O5. The second kappa shape index (κ2) is 8.40. The normalized spacial score (nSPS) is 32.4. The highest BCUT2D eigenvalue weighted by molar-refractivity contribution is 5.81. The number of nitrogen functional groups attached to an aromatic ring is 1. The van der Waals surface area contributed by atoms with Gasteiger partial charge in [-0.25, -0.2) is 15.0 Å². The predicted octanol–water partition coefficient (Wildman–Crippen LogP) is 1.97. The molecule has 3 atom stereocenters. The zero-order chi connectivity index (χ0) is 24.3. The Morgan fingerprint density at radius 1 is 1.32 bits per heavy atom. The first-order chi connectivity index (χ1) is 16.1. The van der Waals surface area contributed by atoms with Crippen LogP contribution in [0.1, 0.15) is 53.4 Å². The molecule has 11 nitrogen and oxygen atoms in total. The van der Waals surface area contributed by atoms with Crippen LogP contribution >= 0.6 is 0 Å². The number of carboxylic acid groups (broad SMARTS) is 1. The van der Waals surface area contributed by atoms with Gasteiger partial charge in [0.25, 0.3) is 0 Å². The number of carboxylic acids is 1. The molecule has 5 rings (SSSR count). The Labute approximate surface area is 198 Å². The summed E-state index contributed by atoms with van der Waals surface area (Å²) in [4.78, 5) is 26.3. The topological polar surface area (TPSA) is 138 Å². The third kappa shape index (κ3) is 3.94. The number of ether oxygens (including phenoxy) is 3. The molecule has 0 spiro atoms. The van der Waals surface area contributed by atoms with E-state index in [0.717, 1.165) is 19.3 Å². The first-order valence-electron chi connectivity index (χ1n) is 12.0. The fraction of sp³-hybridized carbons (Fsp3) is 0.739. The lowest BCUT2D eigenvalue weighted by Gasteiger charge is -2.46. The molecule has 3 aliphatic rings. The predicted molar refractivity (Wildman–Crippen MR) is 123 cm³/mol. The van der Waals surface area contributed by atoms with Gasteiger partial charge in [0.15, 0.2) is 17.3 Å². The van der Waals surface area contributed by atoms with Gasteiger partial charge in [-0.3, -0.25) is 14.3 Å². The zero-order valence-corrected chi connectivity index (χ0v) is 20.2. The molecule has 3 fully saturated rings. The molecule has 0 aromatic carbocycles. The van der Waals surface area contributed by atoms with Crippen molar-refractivity contribution in [2.75, 3.05) is 18.9 Å². The van der Waals surface area contributed by atoms with Gasteiger partial charge in [-0.15, -0.1) is 0 Å². The van der Waals surface area contributed by atoms with Gasteiger partial charge in [-0.1, -0.05) is 0 Å². The van der Waals surface area contributed by atoms with Gasteiger partial charge in [-0.2, -0.15) is 0 Å². The van der Waals surface area contributed by atoms with Gasteiger partial charge in [0.2, 0.25) is 5.72 Å². The molecule has 2 aromatic heterocycles. The van der Waals surface area contributed by atoms with E-state index in [1.807, 2.05) is 18.4 Å². The quantitative estimate of drug-likeness (QED) is 0.584. The number of aromatic nitrogens is 4. The highest BCUT2D eigenvalue weighted by atomic mass is 16.8. The van der Waals surface area contributed by atoms with E-state index < -0.39 is 17.5 Å². The van der Waals surface area contributed by atoms with Crippen molar-refractivity contribution in [2.24, 2.45) is 5.92 Å². The van der Waals surface area contributed by atoms with Crippen LogP contribution in [0.15, 0.2) is 12.7 Å². The summed E-state index contributed by atoms with van der Waals surface area (Å²) in [7, 11) is 0. The SMILES string of the molecule is CC(C)N(C[C@H]1OC[C@]2(n3cnc4c(N)ncnc43)OC(C)(C)O[C@H]12)[C@H]1C[C@@H](CCC(=O)O)C1. The lowest BCUT2D eigenvalue weighted by molar-refractivity contribution is -0.206. The van der Waals surface area contributed by atoms with Crippen molar-refractivity contribution in [3.63, 3.8) is 0 Å². The first kappa shape index (κ1) is 23.4. The molecule has 186 valence electrons. The summed E-state index contributed by atoms with van der Waals surface area (Å²) in [5.41, 5.74) is 6.22. The molecule has 3 N–H and O–H groups in total. The van der Waals surface area contributed by atoms with E-state index in [2.05, 4.69) is 33.7 Å². The summed E-state index contributed by atoms with van der Waals surface area (Å²) in [5, 5.41) is 8.97. The minimum atomic E-state index is -0.907. The van der Waals surface area contributed by atoms with Gasteiger partial charge in [0.05, 0.1) is 12.9 Å². The molecule has 11 heteroatoms. The van der Waals surface area contributed by atoms with Crippen LogP contribution in [0.4, 0.5) is 5.82 Å². The van der Waals surface area contributed by atoms with Gasteiger partial charge in [0, 0.05) is 25.0 Å². The Morgan fingerprint density at radius 3 is 2.79 bits per heavy atom. The molecule has 0 bridgehead atoms. The fourth-order valence-corrected chi connectivity index (χ4v) is 5.76. The van der Waals surface area contributed by atoms with Crippen molar-refractivity contribution >= 4 is 23.0 Å². The minimum Gasteiger partial charge on any atom is -0.481 e. The van der Waals surface area contributed by atoms with E-state index in [1.165, 1.54) is 6.33 Å². The number of nitrogens with two attached hydrogens (primary N) is 1. The summed E-state index contributed by atoms with van der Waals surface area (Å²) in [6.45, 7) is 9.19. The van der Waals surface area contributed by atoms with E-state index in [9.17, 15) is 4.79 Å². The lowest BCUT2D eigenvalue weighted by atomic mass is 9.76. The molecule has 4 heterocycles. The van der Waals surface area contributed by atoms with Gasteiger partial charge < -0.3 is 25.1 Å². The third-order valence-corrected chi connectivity index (χ3v) is 7.39. The summed E-state index contributed by atoms with van der Waals surface area (Å²) >= 11 is 0. The third-order valence-electron chi connectivity index (χ3n) is 7.39. The Kier molecular flexibility index (Phi) is 5.78. The van der Waals surface area contributed by atoms with Gasteiger partial charge in [-0.05, 0) is 52.9 Å². The molecule has 1 aliphatic carbocycles. The largest absolute Gasteiger partial charge is 0.481 e. The summed E-state index contributed by atoms with van der Waals surface area (Å²) < 4.78 is 21.1. The highest BCUT2D eigenvalue weighted by Gasteiger charge is 2.63. The Balaban J connectivity index is 1.37. The van der Waals surface area contributed by atoms with Crippen LogP contribution in [0.3, 0.4) is 0 Å². The standard InChI is InChI=1S/C23H34N6O5/c1-13(2)28(15-7-14(8-15)5-6-17(30)31)9-16-19-23(10-32-16,34-22(3,4)33-19)29-12-27-18-20(24)25-11-26-21(18)29/h11-16,19H,5-10H2,1-4H3,(H,30,31)(H2,24,25,26)/t14-,15+,16-,19-,23+/m1/s1. The Bertz CT molecular complexity index is 1070. The average molecular weight is 475 g/mol. The molecule has 2 saturated heterocycles. The van der Waals surface area contributed by atoms with Crippen LogP contribution in [-0.2, 0) is 24.7 Å². The minimum absolute atomic E-state index is 0.209. The van der Waals surface area contributed by atoms with E-state index in [1.54, 1.807) is 6.33 Å². The molecule has 34 heavy (non-hydrogen) atoms. The number of hydrogen-bond acceptors (Lipinski definition) is 9. The summed E-state index contributed by atoms with van der Waals surface area (Å²) in [6, 6.07) is 0.732. The highest BCUT2D eigenvalue weighted by Crippen LogP contribution is 2.48. The second-order valence-corrected chi connectivity index (χ2v) is 10.5. The van der Waals surface area contributed by atoms with Crippen molar-refractivity contribution < 1.29 is 24.1 Å². The molecule has 2 aromatic rings. The fourth-order valence-electron chi connectivity index (χ4n) is 5.76. The molecule has 0 unspecified atom stereocenters. The molecule has 0 radical (unpaired) electrons. The van der Waals surface area contributed by atoms with Crippen molar-refractivity contribution in [3.8, 4) is 0 Å². The summed E-state index contributed by atoms with van der Waals surface area (Å²) in [5.74, 6) is -0.736. The van der Waals surface area contributed by atoms with Crippen LogP contribution in [0.25, 0.3) is 11.2 Å². The number of anilines is 1. The smallest absolute Gasteiger partial charge is 0.303 e. The maximum absolute atomic E-state index is 10.9. The van der Waals surface area contributed by atoms with E-state index in [0.29, 0.717) is 48.1 Å². The van der Waals surface area contributed by atoms with Crippen LogP contribution < -0.4 is 5.73 Å². The number of fused-ring (bicyclic) bond motifs is 2. The molecule has 0 amide bonds. The monoisotopic (exact) mass is 474 g/mol. The molecule has 1 saturated carbocycles. The molecular weight excluding hydrogens is 440 g/mol. The van der Waals surface area contributed by atoms with Gasteiger partial charge in [0.1, 0.15) is 24.1 Å². The number of nitrogens with zero attached hydrogens (tertiary/aromatic N) is 5. The van der Waals surface area contributed by atoms with Gasteiger partial charge >= 0.3 is 5.97 Å². The number of rotatable bonds is 8. The Morgan fingerprint density at radius 2 is 2.09 bits per heavy atom. The maximum atomic E-state index is 10.9. The number of carbonyl (C=O) groups is 1. The van der Waals surface area contributed by atoms with E-state index in [-0.39, 0.29) is 18.6 Å². The Hall–Kier alpha value is -2.34. The number of hydrogen-bond donors (Lipinski definition) is 2. The van der Waals surface area contributed by atoms with Crippen LogP contribution in [0, 0.1) is 5.92 Å². The van der Waals surface area contributed by atoms with E-state index >= 15 is 0 Å². The first-order valence-corrected chi connectivity index (χ1v) is 12.0. The van der Waals surface area contributed by atoms with Crippen molar-refractivity contribution in [3.05, 3.63) is 12.7 Å². The van der Waals surface area contributed by atoms with Crippen LogP contribution in [-0.4, -0.2) is 78.7 Å². The van der Waals surface area contributed by atoms with Crippen molar-refractivity contribution in [2.45, 2.75) is 89.2 Å². The van der Waals surface area contributed by atoms with Crippen LogP contribution in [0.2, 0.25) is 0 Å². The number of aliphatic carboxylic acids is 1. The van der Waals surface area contributed by atoms with Crippen molar-refractivity contribution in [1.29, 1.82) is 0 Å².